The van der Waals surface area contributed by atoms with Crippen molar-refractivity contribution < 1.29 is 0 Å². The van der Waals surface area contributed by atoms with E-state index in [0.29, 0.717) is 11.3 Å². The van der Waals surface area contributed by atoms with Gasteiger partial charge in [0.15, 0.2) is 5.16 Å². The van der Waals surface area contributed by atoms with Gasteiger partial charge < -0.3 is 10.3 Å². The van der Waals surface area contributed by atoms with Crippen LogP contribution in [-0.4, -0.2) is 14.8 Å². The summed E-state index contributed by atoms with van der Waals surface area (Å²) < 4.78 is 1.79. The van der Waals surface area contributed by atoms with Crippen LogP contribution in [0.5, 0.6) is 0 Å². The molecule has 1 aromatic carbocycles. The maximum absolute atomic E-state index is 8.98. The van der Waals surface area contributed by atoms with Crippen molar-refractivity contribution in [2.24, 2.45) is 7.05 Å². The van der Waals surface area contributed by atoms with Gasteiger partial charge in [-0.2, -0.15) is 5.26 Å². The molecule has 80 valence electrons. The van der Waals surface area contributed by atoms with Crippen molar-refractivity contribution in [2.45, 2.75) is 10.1 Å². The van der Waals surface area contributed by atoms with Gasteiger partial charge in [-0.1, -0.05) is 0 Å². The van der Waals surface area contributed by atoms with Crippen LogP contribution in [0.25, 0.3) is 0 Å². The average molecular weight is 231 g/mol. The normalized spacial score (nSPS) is 10.0. The fraction of sp³-hybridized carbons (Fsp3) is 0.100. The highest BCUT2D eigenvalue weighted by molar-refractivity contribution is 7.99. The third-order valence-corrected chi connectivity index (χ3v) is 3.12. The maximum atomic E-state index is 8.98. The lowest BCUT2D eigenvalue weighted by Gasteiger charge is -2.03. The molecule has 1 heterocycles. The van der Waals surface area contributed by atoms with Crippen LogP contribution >= 0.6 is 11.8 Å². The second-order valence-corrected chi connectivity index (χ2v) is 4.20. The summed E-state index contributed by atoms with van der Waals surface area (Å²) in [5.74, 6) is 0. The topological polar surface area (TPSA) is 80.5 Å². The van der Waals surface area contributed by atoms with Gasteiger partial charge in [-0.15, -0.1) is 10.2 Å². The zero-order chi connectivity index (χ0) is 11.5. The van der Waals surface area contributed by atoms with E-state index in [1.165, 1.54) is 11.8 Å². The van der Waals surface area contributed by atoms with Gasteiger partial charge in [0.2, 0.25) is 0 Å². The van der Waals surface area contributed by atoms with Crippen molar-refractivity contribution in [3.63, 3.8) is 0 Å². The summed E-state index contributed by atoms with van der Waals surface area (Å²) in [5, 5.41) is 17.4. The number of nitriles is 1. The van der Waals surface area contributed by atoms with E-state index in [1.54, 1.807) is 23.0 Å². The summed E-state index contributed by atoms with van der Waals surface area (Å²) in [5.41, 5.74) is 6.74. The smallest absolute Gasteiger partial charge is 0.195 e. The highest BCUT2D eigenvalue weighted by Crippen LogP contribution is 2.29. The Labute approximate surface area is 96.9 Å². The predicted molar refractivity (Wildman–Crippen MR) is 60.7 cm³/mol. The summed E-state index contributed by atoms with van der Waals surface area (Å²) in [6, 6.07) is 7.34. The molecule has 0 saturated heterocycles. The zero-order valence-electron chi connectivity index (χ0n) is 8.58. The Morgan fingerprint density at radius 1 is 1.50 bits per heavy atom. The molecule has 0 spiro atoms. The van der Waals surface area contributed by atoms with Gasteiger partial charge in [0.1, 0.15) is 12.4 Å². The highest BCUT2D eigenvalue weighted by atomic mass is 32.2. The van der Waals surface area contributed by atoms with E-state index in [4.69, 9.17) is 11.0 Å². The lowest BCUT2D eigenvalue weighted by atomic mass is 10.2. The van der Waals surface area contributed by atoms with E-state index in [-0.39, 0.29) is 0 Å². The largest absolute Gasteiger partial charge is 0.399 e. The zero-order valence-corrected chi connectivity index (χ0v) is 9.40. The minimum Gasteiger partial charge on any atom is -0.399 e. The molecule has 0 saturated carbocycles. The Kier molecular flexibility index (Phi) is 2.79. The molecule has 0 aliphatic rings. The first-order valence-electron chi connectivity index (χ1n) is 4.52. The molecule has 6 heteroatoms. The van der Waals surface area contributed by atoms with E-state index in [0.717, 1.165) is 10.1 Å². The molecule has 0 aliphatic heterocycles. The van der Waals surface area contributed by atoms with Crippen molar-refractivity contribution in [1.29, 1.82) is 5.26 Å². The van der Waals surface area contributed by atoms with E-state index < -0.39 is 0 Å². The molecule has 2 N–H and O–H groups in total. The van der Waals surface area contributed by atoms with Crippen LogP contribution in [0.3, 0.4) is 0 Å². The van der Waals surface area contributed by atoms with Crippen LogP contribution in [0, 0.1) is 11.3 Å². The van der Waals surface area contributed by atoms with Gasteiger partial charge >= 0.3 is 0 Å². The third-order valence-electron chi connectivity index (χ3n) is 2.00. The molecule has 0 aliphatic carbocycles. The molecule has 0 bridgehead atoms. The first kappa shape index (κ1) is 10.5. The molecule has 2 rings (SSSR count). The number of hydrogen-bond donors (Lipinski definition) is 1. The van der Waals surface area contributed by atoms with Crippen LogP contribution < -0.4 is 5.73 Å². The Bertz CT molecular complexity index is 555. The molecule has 16 heavy (non-hydrogen) atoms. The monoisotopic (exact) mass is 231 g/mol. The van der Waals surface area contributed by atoms with Gasteiger partial charge in [0.05, 0.1) is 5.56 Å². The number of nitrogens with two attached hydrogens (primary N) is 1. The Balaban J connectivity index is 2.36. The van der Waals surface area contributed by atoms with Crippen LogP contribution in [0.15, 0.2) is 34.6 Å². The summed E-state index contributed by atoms with van der Waals surface area (Å²) in [7, 11) is 1.85. The maximum Gasteiger partial charge on any atom is 0.195 e. The van der Waals surface area contributed by atoms with Gasteiger partial charge in [0.25, 0.3) is 0 Å². The molecule has 1 aromatic heterocycles. The summed E-state index contributed by atoms with van der Waals surface area (Å²) in [4.78, 5) is 0.827. The van der Waals surface area contributed by atoms with E-state index in [2.05, 4.69) is 16.3 Å². The molecule has 0 amide bonds. The highest BCUT2D eigenvalue weighted by Gasteiger charge is 2.08. The number of aryl methyl sites for hydroxylation is 1. The average Bonchev–Trinajstić information content (AvgIpc) is 2.67. The quantitative estimate of drug-likeness (QED) is 0.790. The molecule has 0 unspecified atom stereocenters. The lowest BCUT2D eigenvalue weighted by molar-refractivity contribution is 0.788. The lowest BCUT2D eigenvalue weighted by Crippen LogP contribution is -1.91. The Hall–Kier alpha value is -2.00. The van der Waals surface area contributed by atoms with Crippen LogP contribution in [0.4, 0.5) is 5.69 Å². The molecule has 5 nitrogen and oxygen atoms in total. The fourth-order valence-electron chi connectivity index (χ4n) is 1.19. The van der Waals surface area contributed by atoms with E-state index in [9.17, 15) is 0 Å². The number of rotatable bonds is 2. The number of hydrogen-bond acceptors (Lipinski definition) is 5. The number of benzene rings is 1. The van der Waals surface area contributed by atoms with Crippen molar-refractivity contribution in [3.8, 4) is 6.07 Å². The van der Waals surface area contributed by atoms with Gasteiger partial charge in [-0.05, 0) is 30.0 Å². The molecule has 0 radical (unpaired) electrons. The first-order valence-corrected chi connectivity index (χ1v) is 5.34. The Morgan fingerprint density at radius 2 is 2.31 bits per heavy atom. The molecular weight excluding hydrogens is 222 g/mol. The van der Waals surface area contributed by atoms with Crippen molar-refractivity contribution >= 4 is 17.4 Å². The standard InChI is InChI=1S/C10H9N5S/c1-15-6-13-14-10(15)16-9-3-2-8(12)4-7(9)5-11/h2-4,6H,12H2,1H3. The van der Waals surface area contributed by atoms with Crippen LogP contribution in [-0.2, 0) is 7.05 Å². The van der Waals surface area contributed by atoms with Gasteiger partial charge in [0, 0.05) is 17.6 Å². The first-order chi connectivity index (χ1) is 7.70. The van der Waals surface area contributed by atoms with Gasteiger partial charge in [-0.25, -0.2) is 0 Å². The summed E-state index contributed by atoms with van der Waals surface area (Å²) >= 11 is 1.39. The molecular formula is C10H9N5S. The SMILES string of the molecule is Cn1cnnc1Sc1ccc(N)cc1C#N. The van der Waals surface area contributed by atoms with Crippen molar-refractivity contribution in [1.82, 2.24) is 14.8 Å². The third kappa shape index (κ3) is 1.99. The fourth-order valence-corrected chi connectivity index (χ4v) is 2.01. The second-order valence-electron chi connectivity index (χ2n) is 3.19. The predicted octanol–water partition coefficient (Wildman–Crippen LogP) is 1.42. The van der Waals surface area contributed by atoms with E-state index in [1.807, 2.05) is 13.1 Å². The Morgan fingerprint density at radius 3 is 2.94 bits per heavy atom. The second kappa shape index (κ2) is 4.24. The molecule has 0 fully saturated rings. The minimum absolute atomic E-state index is 0.549. The number of nitrogen functional groups attached to an aromatic ring is 1. The summed E-state index contributed by atoms with van der Waals surface area (Å²) in [6.45, 7) is 0. The number of aromatic nitrogens is 3. The van der Waals surface area contributed by atoms with Crippen molar-refractivity contribution in [3.05, 3.63) is 30.1 Å². The molecule has 0 atom stereocenters. The summed E-state index contributed by atoms with van der Waals surface area (Å²) in [6.07, 6.45) is 1.62. The van der Waals surface area contributed by atoms with Crippen LogP contribution in [0.1, 0.15) is 5.56 Å². The van der Waals surface area contributed by atoms with E-state index >= 15 is 0 Å². The van der Waals surface area contributed by atoms with Crippen LogP contribution in [0.2, 0.25) is 0 Å². The number of anilines is 1. The minimum atomic E-state index is 0.549. The van der Waals surface area contributed by atoms with Gasteiger partial charge in [-0.3, -0.25) is 0 Å². The number of nitrogens with zero attached hydrogens (tertiary/aromatic N) is 4. The van der Waals surface area contributed by atoms with Crippen molar-refractivity contribution in [2.75, 3.05) is 5.73 Å². The molecule has 2 aromatic rings.